The van der Waals surface area contributed by atoms with Gasteiger partial charge in [-0.3, -0.25) is 4.79 Å². The zero-order chi connectivity index (χ0) is 20.2. The van der Waals surface area contributed by atoms with Gasteiger partial charge in [0.2, 0.25) is 0 Å². The largest absolute Gasteiger partial charge is 0.348 e. The van der Waals surface area contributed by atoms with E-state index in [1.165, 1.54) is 23.9 Å². The van der Waals surface area contributed by atoms with E-state index in [9.17, 15) is 9.18 Å². The number of carbonyl (C=O) groups excluding carboxylic acids is 1. The number of carbonyl (C=O) groups is 1. The molecule has 0 radical (unpaired) electrons. The van der Waals surface area contributed by atoms with E-state index in [4.69, 9.17) is 11.6 Å². The van der Waals surface area contributed by atoms with Crippen LogP contribution in [0.2, 0.25) is 5.02 Å². The first-order chi connectivity index (χ1) is 14.1. The first-order valence-electron chi connectivity index (χ1n) is 8.94. The predicted octanol–water partition coefficient (Wildman–Crippen LogP) is 6.11. The van der Waals surface area contributed by atoms with E-state index in [-0.39, 0.29) is 11.7 Å². The van der Waals surface area contributed by atoms with Crippen molar-refractivity contribution in [1.82, 2.24) is 10.3 Å². The van der Waals surface area contributed by atoms with E-state index < -0.39 is 0 Å². The third-order valence-electron chi connectivity index (χ3n) is 4.34. The van der Waals surface area contributed by atoms with Crippen molar-refractivity contribution in [3.05, 3.63) is 101 Å². The molecule has 0 fully saturated rings. The van der Waals surface area contributed by atoms with Crippen molar-refractivity contribution in [3.8, 4) is 0 Å². The predicted molar refractivity (Wildman–Crippen MR) is 115 cm³/mol. The number of para-hydroxylation sites is 1. The molecule has 3 nitrogen and oxygen atoms in total. The van der Waals surface area contributed by atoms with Crippen LogP contribution < -0.4 is 5.32 Å². The maximum Gasteiger partial charge on any atom is 0.252 e. The van der Waals surface area contributed by atoms with Gasteiger partial charge >= 0.3 is 0 Å². The molecular formula is C23H16ClFN2OS. The average Bonchev–Trinajstić information content (AvgIpc) is 2.74. The van der Waals surface area contributed by atoms with Crippen molar-refractivity contribution in [1.29, 1.82) is 0 Å². The molecule has 4 aromatic rings. The molecule has 0 saturated carbocycles. The van der Waals surface area contributed by atoms with Crippen molar-refractivity contribution < 1.29 is 9.18 Å². The van der Waals surface area contributed by atoms with Gasteiger partial charge in [-0.25, -0.2) is 9.37 Å². The minimum Gasteiger partial charge on any atom is -0.348 e. The number of amides is 1. The zero-order valence-corrected chi connectivity index (χ0v) is 16.8. The van der Waals surface area contributed by atoms with Gasteiger partial charge in [-0.1, -0.05) is 53.7 Å². The number of hydrogen-bond donors (Lipinski definition) is 1. The van der Waals surface area contributed by atoms with Crippen LogP contribution in [-0.2, 0) is 6.54 Å². The van der Waals surface area contributed by atoms with Crippen LogP contribution in [0.4, 0.5) is 4.39 Å². The van der Waals surface area contributed by atoms with Gasteiger partial charge in [-0.15, -0.1) is 0 Å². The zero-order valence-electron chi connectivity index (χ0n) is 15.2. The van der Waals surface area contributed by atoms with Gasteiger partial charge in [-0.2, -0.15) is 0 Å². The molecule has 29 heavy (non-hydrogen) atoms. The normalized spacial score (nSPS) is 10.8. The Morgan fingerprint density at radius 1 is 1.00 bits per heavy atom. The molecule has 6 heteroatoms. The third-order valence-corrected chi connectivity index (χ3v) is 5.52. The molecule has 1 N–H and O–H groups in total. The lowest BCUT2D eigenvalue weighted by molar-refractivity contribution is 0.0952. The average molecular weight is 423 g/mol. The second-order valence-electron chi connectivity index (χ2n) is 6.39. The van der Waals surface area contributed by atoms with Crippen LogP contribution >= 0.6 is 23.4 Å². The minimum absolute atomic E-state index is 0.203. The number of halogens is 2. The summed E-state index contributed by atoms with van der Waals surface area (Å²) in [6.45, 7) is 0.315. The van der Waals surface area contributed by atoms with Crippen molar-refractivity contribution in [3.63, 3.8) is 0 Å². The topological polar surface area (TPSA) is 42.0 Å². The Hall–Kier alpha value is -2.89. The number of rotatable bonds is 5. The third kappa shape index (κ3) is 4.75. The number of nitrogens with one attached hydrogen (secondary N) is 1. The molecule has 3 aromatic carbocycles. The summed E-state index contributed by atoms with van der Waals surface area (Å²) in [6.07, 6.45) is 0. The van der Waals surface area contributed by atoms with E-state index >= 15 is 0 Å². The summed E-state index contributed by atoms with van der Waals surface area (Å²) < 4.78 is 13.1. The van der Waals surface area contributed by atoms with Gasteiger partial charge in [0.1, 0.15) is 10.8 Å². The molecule has 1 heterocycles. The Morgan fingerprint density at radius 3 is 2.48 bits per heavy atom. The van der Waals surface area contributed by atoms with Crippen molar-refractivity contribution in [2.75, 3.05) is 0 Å². The fraction of sp³-hybridized carbons (Fsp3) is 0.0435. The fourth-order valence-electron chi connectivity index (χ4n) is 2.89. The monoisotopic (exact) mass is 422 g/mol. The summed E-state index contributed by atoms with van der Waals surface area (Å²) in [5.74, 6) is -0.505. The van der Waals surface area contributed by atoms with E-state index in [0.717, 1.165) is 26.4 Å². The number of aromatic nitrogens is 1. The summed E-state index contributed by atoms with van der Waals surface area (Å²) >= 11 is 7.42. The molecule has 1 amide bonds. The number of nitrogens with zero attached hydrogens (tertiary/aromatic N) is 1. The van der Waals surface area contributed by atoms with Crippen LogP contribution in [0, 0.1) is 5.82 Å². The maximum absolute atomic E-state index is 13.1. The maximum atomic E-state index is 13.1. The van der Waals surface area contributed by atoms with E-state index in [1.807, 2.05) is 48.5 Å². The second-order valence-corrected chi connectivity index (χ2v) is 7.92. The van der Waals surface area contributed by atoms with E-state index in [1.54, 1.807) is 18.2 Å². The van der Waals surface area contributed by atoms with Crippen LogP contribution in [0.3, 0.4) is 0 Å². The molecule has 0 saturated heterocycles. The number of pyridine rings is 1. The number of benzene rings is 3. The SMILES string of the molecule is O=C(NCc1ccc(F)cc1)c1cc(Sc2ccc(Cl)cc2)nc2ccccc12. The van der Waals surface area contributed by atoms with Crippen LogP contribution in [0.15, 0.2) is 88.8 Å². The van der Waals surface area contributed by atoms with Gasteiger partial charge in [-0.05, 0) is 54.1 Å². The molecule has 0 spiro atoms. The lowest BCUT2D eigenvalue weighted by Gasteiger charge is -2.10. The summed E-state index contributed by atoms with van der Waals surface area (Å²) in [6, 6.07) is 22.9. The highest BCUT2D eigenvalue weighted by Crippen LogP contribution is 2.30. The molecule has 0 bridgehead atoms. The van der Waals surface area contributed by atoms with Gasteiger partial charge < -0.3 is 5.32 Å². The highest BCUT2D eigenvalue weighted by Gasteiger charge is 2.13. The molecule has 4 rings (SSSR count). The molecule has 1 aromatic heterocycles. The first-order valence-corrected chi connectivity index (χ1v) is 10.1. The summed E-state index contributed by atoms with van der Waals surface area (Å²) in [5, 5.41) is 5.08. The van der Waals surface area contributed by atoms with Crippen LogP contribution in [0.25, 0.3) is 10.9 Å². The molecule has 0 aliphatic heterocycles. The Kier molecular flexibility index (Phi) is 5.79. The van der Waals surface area contributed by atoms with Crippen LogP contribution in [-0.4, -0.2) is 10.9 Å². The van der Waals surface area contributed by atoms with Gasteiger partial charge in [0.05, 0.1) is 11.1 Å². The highest BCUT2D eigenvalue weighted by molar-refractivity contribution is 7.99. The van der Waals surface area contributed by atoms with Crippen LogP contribution in [0.1, 0.15) is 15.9 Å². The number of fused-ring (bicyclic) bond motifs is 1. The van der Waals surface area contributed by atoms with E-state index in [0.29, 0.717) is 17.1 Å². The minimum atomic E-state index is -0.302. The summed E-state index contributed by atoms with van der Waals surface area (Å²) in [7, 11) is 0. The molecule has 0 aliphatic rings. The Bertz CT molecular complexity index is 1160. The quantitative estimate of drug-likeness (QED) is 0.422. The standard InChI is InChI=1S/C23H16ClFN2OS/c24-16-7-11-18(12-8-16)29-22-13-20(19-3-1-2-4-21(19)27-22)23(28)26-14-15-5-9-17(25)10-6-15/h1-13H,14H2,(H,26,28). The molecule has 0 aliphatic carbocycles. The summed E-state index contributed by atoms with van der Waals surface area (Å²) in [4.78, 5) is 18.6. The molecule has 0 atom stereocenters. The van der Waals surface area contributed by atoms with Gasteiger partial charge in [0.15, 0.2) is 0 Å². The highest BCUT2D eigenvalue weighted by atomic mass is 35.5. The van der Waals surface area contributed by atoms with Crippen molar-refractivity contribution in [2.45, 2.75) is 16.5 Å². The van der Waals surface area contributed by atoms with Crippen LogP contribution in [0.5, 0.6) is 0 Å². The molecular weight excluding hydrogens is 407 g/mol. The first kappa shape index (κ1) is 19.4. The van der Waals surface area contributed by atoms with E-state index in [2.05, 4.69) is 10.3 Å². The molecule has 144 valence electrons. The summed E-state index contributed by atoms with van der Waals surface area (Å²) in [5.41, 5.74) is 2.13. The number of hydrogen-bond acceptors (Lipinski definition) is 3. The van der Waals surface area contributed by atoms with Gasteiger partial charge in [0, 0.05) is 21.8 Å². The lowest BCUT2D eigenvalue weighted by atomic mass is 10.1. The lowest BCUT2D eigenvalue weighted by Crippen LogP contribution is -2.23. The van der Waals surface area contributed by atoms with Crippen molar-refractivity contribution in [2.24, 2.45) is 0 Å². The Labute approximate surface area is 176 Å². The fourth-order valence-corrected chi connectivity index (χ4v) is 3.85. The second kappa shape index (κ2) is 8.64. The van der Waals surface area contributed by atoms with Crippen molar-refractivity contribution >= 4 is 40.2 Å². The Morgan fingerprint density at radius 2 is 1.72 bits per heavy atom. The smallest absolute Gasteiger partial charge is 0.252 e. The molecule has 0 unspecified atom stereocenters. The Balaban J connectivity index is 1.61. The van der Waals surface area contributed by atoms with Gasteiger partial charge in [0.25, 0.3) is 5.91 Å².